The number of pyridine rings is 1. The van der Waals surface area contributed by atoms with Crippen LogP contribution in [0.5, 0.6) is 0 Å². The second-order valence-electron chi connectivity index (χ2n) is 6.51. The highest BCUT2D eigenvalue weighted by Crippen LogP contribution is 2.34. The Kier molecular flexibility index (Phi) is 5.30. The van der Waals surface area contributed by atoms with E-state index in [1.54, 1.807) is 42.6 Å². The second-order valence-corrected chi connectivity index (χ2v) is 8.66. The number of nitrogens with one attached hydrogen (secondary N) is 1. The number of sulfonamides is 1. The summed E-state index contributed by atoms with van der Waals surface area (Å²) >= 11 is 0. The van der Waals surface area contributed by atoms with Gasteiger partial charge in [-0.3, -0.25) is 15.1 Å². The predicted octanol–water partition coefficient (Wildman–Crippen LogP) is 3.57. The van der Waals surface area contributed by atoms with E-state index in [4.69, 9.17) is 0 Å². The summed E-state index contributed by atoms with van der Waals surface area (Å²) < 4.78 is 25.5. The molecule has 1 heterocycles. The SMILES string of the molecule is C[C@@H](Nc1ccc2ncccc2c1[N+](=O)[O-])c1ccc(S(=O)(=O)N(C)C)cc1. The molecule has 0 aliphatic heterocycles. The Morgan fingerprint density at radius 2 is 1.79 bits per heavy atom. The van der Waals surface area contributed by atoms with Crippen molar-refractivity contribution in [3.8, 4) is 0 Å². The van der Waals surface area contributed by atoms with Crippen LogP contribution in [0.4, 0.5) is 11.4 Å². The summed E-state index contributed by atoms with van der Waals surface area (Å²) in [4.78, 5) is 15.6. The van der Waals surface area contributed by atoms with E-state index in [0.717, 1.165) is 9.87 Å². The Bertz CT molecular complexity index is 1130. The van der Waals surface area contributed by atoms with Gasteiger partial charge < -0.3 is 5.32 Å². The Morgan fingerprint density at radius 1 is 1.11 bits per heavy atom. The van der Waals surface area contributed by atoms with Gasteiger partial charge in [0.2, 0.25) is 10.0 Å². The molecule has 0 bridgehead atoms. The maximum absolute atomic E-state index is 12.2. The minimum atomic E-state index is -3.50. The van der Waals surface area contributed by atoms with Crippen LogP contribution in [0.15, 0.2) is 59.6 Å². The summed E-state index contributed by atoms with van der Waals surface area (Å²) in [6.07, 6.45) is 1.59. The number of hydrogen-bond donors (Lipinski definition) is 1. The monoisotopic (exact) mass is 400 g/mol. The third kappa shape index (κ3) is 3.67. The molecule has 1 aromatic heterocycles. The zero-order chi connectivity index (χ0) is 20.5. The first-order chi connectivity index (χ1) is 13.2. The number of benzene rings is 2. The summed E-state index contributed by atoms with van der Waals surface area (Å²) in [6, 6.07) is 12.9. The van der Waals surface area contributed by atoms with Crippen molar-refractivity contribution in [1.29, 1.82) is 0 Å². The summed E-state index contributed by atoms with van der Waals surface area (Å²) in [5.74, 6) is 0. The Labute approximate surface area is 163 Å². The number of nitro groups is 1. The zero-order valence-electron chi connectivity index (χ0n) is 15.7. The van der Waals surface area contributed by atoms with Crippen molar-refractivity contribution in [2.24, 2.45) is 0 Å². The quantitative estimate of drug-likeness (QED) is 0.501. The van der Waals surface area contributed by atoms with Crippen LogP contribution in [0.2, 0.25) is 0 Å². The zero-order valence-corrected chi connectivity index (χ0v) is 16.5. The number of rotatable bonds is 6. The molecule has 0 aliphatic carbocycles. The lowest BCUT2D eigenvalue weighted by atomic mass is 10.1. The van der Waals surface area contributed by atoms with Crippen LogP contribution in [-0.2, 0) is 10.0 Å². The minimum absolute atomic E-state index is 0.0377. The van der Waals surface area contributed by atoms with Crippen molar-refractivity contribution in [1.82, 2.24) is 9.29 Å². The fourth-order valence-corrected chi connectivity index (χ4v) is 3.81. The molecule has 0 aliphatic rings. The lowest BCUT2D eigenvalue weighted by Gasteiger charge is -2.17. The van der Waals surface area contributed by atoms with E-state index in [9.17, 15) is 18.5 Å². The predicted molar refractivity (Wildman–Crippen MR) is 108 cm³/mol. The fourth-order valence-electron chi connectivity index (χ4n) is 2.91. The van der Waals surface area contributed by atoms with Crippen LogP contribution in [0.25, 0.3) is 10.9 Å². The van der Waals surface area contributed by atoms with Crippen molar-refractivity contribution >= 4 is 32.3 Å². The minimum Gasteiger partial charge on any atom is -0.373 e. The maximum atomic E-state index is 12.2. The standard InChI is InChI=1S/C19H20N4O4S/c1-13(14-6-8-15(9-7-14)28(26,27)22(2)3)21-18-11-10-17-16(5-4-12-20-17)19(18)23(24)25/h4-13,21H,1-3H3/t13-/m1/s1. The maximum Gasteiger partial charge on any atom is 0.301 e. The molecular weight excluding hydrogens is 380 g/mol. The molecule has 8 nitrogen and oxygen atoms in total. The number of fused-ring (bicyclic) bond motifs is 1. The molecule has 1 N–H and O–H groups in total. The highest BCUT2D eigenvalue weighted by Gasteiger charge is 2.21. The van der Waals surface area contributed by atoms with Crippen LogP contribution in [0.1, 0.15) is 18.5 Å². The van der Waals surface area contributed by atoms with Gasteiger partial charge in [-0.05, 0) is 48.9 Å². The first-order valence-corrected chi connectivity index (χ1v) is 9.97. The molecule has 0 amide bonds. The normalized spacial score (nSPS) is 12.9. The average Bonchev–Trinajstić information content (AvgIpc) is 2.67. The molecule has 3 aromatic rings. The van der Waals surface area contributed by atoms with Gasteiger partial charge in [-0.2, -0.15) is 0 Å². The lowest BCUT2D eigenvalue weighted by molar-refractivity contribution is -0.382. The molecule has 1 atom stereocenters. The molecule has 0 radical (unpaired) electrons. The average molecular weight is 400 g/mol. The van der Waals surface area contributed by atoms with Gasteiger partial charge >= 0.3 is 5.69 Å². The third-order valence-electron chi connectivity index (χ3n) is 4.47. The van der Waals surface area contributed by atoms with Gasteiger partial charge in [0.15, 0.2) is 0 Å². The summed E-state index contributed by atoms with van der Waals surface area (Å²) in [6.45, 7) is 1.85. The Balaban J connectivity index is 1.92. The number of nitrogens with zero attached hydrogens (tertiary/aromatic N) is 3. The molecule has 2 aromatic carbocycles. The van der Waals surface area contributed by atoms with Gasteiger partial charge in [-0.15, -0.1) is 0 Å². The number of aromatic nitrogens is 1. The van der Waals surface area contributed by atoms with E-state index in [1.807, 2.05) is 6.92 Å². The summed E-state index contributed by atoms with van der Waals surface area (Å²) in [5.41, 5.74) is 1.69. The number of hydrogen-bond acceptors (Lipinski definition) is 6. The highest BCUT2D eigenvalue weighted by molar-refractivity contribution is 7.89. The number of nitro benzene ring substituents is 1. The van der Waals surface area contributed by atoms with Gasteiger partial charge in [-0.1, -0.05) is 12.1 Å². The van der Waals surface area contributed by atoms with E-state index < -0.39 is 14.9 Å². The molecule has 0 spiro atoms. The number of anilines is 1. The molecular formula is C19H20N4O4S. The topological polar surface area (TPSA) is 105 Å². The van der Waals surface area contributed by atoms with Gasteiger partial charge in [0, 0.05) is 26.3 Å². The van der Waals surface area contributed by atoms with Gasteiger partial charge in [0.25, 0.3) is 0 Å². The van der Waals surface area contributed by atoms with Crippen LogP contribution < -0.4 is 5.32 Å². The molecule has 0 fully saturated rings. The first-order valence-electron chi connectivity index (χ1n) is 8.53. The third-order valence-corrected chi connectivity index (χ3v) is 6.30. The Hall–Kier alpha value is -3.04. The van der Waals surface area contributed by atoms with Crippen molar-refractivity contribution in [3.05, 3.63) is 70.4 Å². The molecule has 3 rings (SSSR count). The largest absolute Gasteiger partial charge is 0.373 e. The van der Waals surface area contributed by atoms with E-state index in [2.05, 4.69) is 10.3 Å². The lowest BCUT2D eigenvalue weighted by Crippen LogP contribution is -2.22. The van der Waals surface area contributed by atoms with E-state index in [-0.39, 0.29) is 16.6 Å². The molecule has 146 valence electrons. The molecule has 9 heteroatoms. The Morgan fingerprint density at radius 3 is 2.39 bits per heavy atom. The van der Waals surface area contributed by atoms with Crippen LogP contribution in [0, 0.1) is 10.1 Å². The van der Waals surface area contributed by atoms with E-state index >= 15 is 0 Å². The van der Waals surface area contributed by atoms with Crippen molar-refractivity contribution < 1.29 is 13.3 Å². The first kappa shape index (κ1) is 19.7. The molecule has 0 saturated carbocycles. The van der Waals surface area contributed by atoms with Gasteiger partial charge in [0.1, 0.15) is 5.69 Å². The van der Waals surface area contributed by atoms with E-state index in [0.29, 0.717) is 16.6 Å². The van der Waals surface area contributed by atoms with Crippen LogP contribution in [0.3, 0.4) is 0 Å². The van der Waals surface area contributed by atoms with Gasteiger partial charge in [0.05, 0.1) is 20.7 Å². The van der Waals surface area contributed by atoms with Crippen LogP contribution >= 0.6 is 0 Å². The second kappa shape index (κ2) is 7.53. The summed E-state index contributed by atoms with van der Waals surface area (Å²) in [7, 11) is -0.557. The van der Waals surface area contributed by atoms with Crippen molar-refractivity contribution in [2.75, 3.05) is 19.4 Å². The molecule has 28 heavy (non-hydrogen) atoms. The molecule has 0 unspecified atom stereocenters. The van der Waals surface area contributed by atoms with Crippen molar-refractivity contribution in [2.45, 2.75) is 17.9 Å². The molecule has 0 saturated heterocycles. The smallest absolute Gasteiger partial charge is 0.301 e. The fraction of sp³-hybridized carbons (Fsp3) is 0.211. The van der Waals surface area contributed by atoms with Crippen molar-refractivity contribution in [3.63, 3.8) is 0 Å². The highest BCUT2D eigenvalue weighted by atomic mass is 32.2. The van der Waals surface area contributed by atoms with E-state index in [1.165, 1.54) is 26.2 Å². The van der Waals surface area contributed by atoms with Crippen LogP contribution in [-0.4, -0.2) is 36.7 Å². The van der Waals surface area contributed by atoms with Gasteiger partial charge in [-0.25, -0.2) is 12.7 Å². The summed E-state index contributed by atoms with van der Waals surface area (Å²) in [5, 5.41) is 15.2.